The fraction of sp³-hybridized carbons (Fsp3) is 0.455. The van der Waals surface area contributed by atoms with Gasteiger partial charge in [-0.2, -0.15) is 8.78 Å². The topological polar surface area (TPSA) is 18.5 Å². The van der Waals surface area contributed by atoms with Crippen LogP contribution in [0.25, 0.3) is 0 Å². The first-order chi connectivity index (χ1) is 8.83. The summed E-state index contributed by atoms with van der Waals surface area (Å²) < 4.78 is 69.0. The van der Waals surface area contributed by atoms with E-state index in [-0.39, 0.29) is 12.0 Å². The number of ether oxygens (including phenoxy) is 2. The van der Waals surface area contributed by atoms with Crippen molar-refractivity contribution < 1.29 is 31.4 Å². The van der Waals surface area contributed by atoms with Crippen LogP contribution in [0, 0.1) is 0 Å². The minimum Gasteiger partial charge on any atom is -0.431 e. The second-order valence-electron chi connectivity index (χ2n) is 3.46. The van der Waals surface area contributed by atoms with Crippen molar-refractivity contribution in [2.24, 2.45) is 0 Å². The molecule has 108 valence electrons. The van der Waals surface area contributed by atoms with Crippen molar-refractivity contribution in [3.63, 3.8) is 0 Å². The van der Waals surface area contributed by atoms with Crippen molar-refractivity contribution in [1.82, 2.24) is 0 Å². The standard InChI is InChI=1S/C11H10BrF5O2/c12-6-2-4-7-3-1-5-8(18-10(13)14)9(7)19-11(15,16)17/h1,3,5,10H,2,4,6H2. The molecule has 0 radical (unpaired) electrons. The summed E-state index contributed by atoms with van der Waals surface area (Å²) >= 11 is 3.14. The molecule has 0 N–H and O–H groups in total. The number of rotatable bonds is 6. The molecule has 0 aliphatic rings. The van der Waals surface area contributed by atoms with Crippen molar-refractivity contribution in [2.75, 3.05) is 5.33 Å². The molecule has 0 bridgehead atoms. The Labute approximate surface area is 114 Å². The number of halogens is 6. The summed E-state index contributed by atoms with van der Waals surface area (Å²) in [6.45, 7) is -3.22. The maximum atomic E-state index is 12.3. The van der Waals surface area contributed by atoms with Crippen LogP contribution < -0.4 is 9.47 Å². The Morgan fingerprint density at radius 2 is 1.89 bits per heavy atom. The Kier molecular flexibility index (Phi) is 5.84. The minimum atomic E-state index is -4.97. The summed E-state index contributed by atoms with van der Waals surface area (Å²) in [4.78, 5) is 0. The van der Waals surface area contributed by atoms with Gasteiger partial charge in [-0.1, -0.05) is 28.1 Å². The highest BCUT2D eigenvalue weighted by Gasteiger charge is 2.34. The molecule has 1 aromatic rings. The van der Waals surface area contributed by atoms with Crippen LogP contribution in [0.15, 0.2) is 18.2 Å². The highest BCUT2D eigenvalue weighted by Crippen LogP contribution is 2.37. The van der Waals surface area contributed by atoms with Gasteiger partial charge in [-0.25, -0.2) is 0 Å². The van der Waals surface area contributed by atoms with Crippen molar-refractivity contribution in [2.45, 2.75) is 25.8 Å². The Morgan fingerprint density at radius 3 is 2.42 bits per heavy atom. The first-order valence-electron chi connectivity index (χ1n) is 5.22. The van der Waals surface area contributed by atoms with Gasteiger partial charge in [0.1, 0.15) is 0 Å². The van der Waals surface area contributed by atoms with Crippen LogP contribution in [-0.2, 0) is 6.42 Å². The average Bonchev–Trinajstić information content (AvgIpc) is 2.27. The molecule has 19 heavy (non-hydrogen) atoms. The van der Waals surface area contributed by atoms with E-state index in [1.54, 1.807) is 0 Å². The van der Waals surface area contributed by atoms with E-state index in [9.17, 15) is 22.0 Å². The number of hydrogen-bond acceptors (Lipinski definition) is 2. The van der Waals surface area contributed by atoms with E-state index in [2.05, 4.69) is 25.4 Å². The van der Waals surface area contributed by atoms with E-state index in [1.165, 1.54) is 12.1 Å². The van der Waals surface area contributed by atoms with E-state index in [0.29, 0.717) is 11.8 Å². The number of para-hydroxylation sites is 1. The van der Waals surface area contributed by atoms with Gasteiger partial charge in [0.25, 0.3) is 0 Å². The van der Waals surface area contributed by atoms with Gasteiger partial charge in [-0.15, -0.1) is 13.2 Å². The van der Waals surface area contributed by atoms with Gasteiger partial charge < -0.3 is 9.47 Å². The molecule has 0 unspecified atom stereocenters. The fourth-order valence-corrected chi connectivity index (χ4v) is 1.72. The van der Waals surface area contributed by atoms with Gasteiger partial charge in [0.15, 0.2) is 11.5 Å². The van der Waals surface area contributed by atoms with E-state index >= 15 is 0 Å². The molecular weight excluding hydrogens is 339 g/mol. The predicted octanol–water partition coefficient (Wildman–Crippen LogP) is 4.51. The molecule has 0 saturated heterocycles. The third kappa shape index (κ3) is 5.63. The van der Waals surface area contributed by atoms with Gasteiger partial charge in [-0.3, -0.25) is 0 Å². The second-order valence-corrected chi connectivity index (χ2v) is 4.26. The lowest BCUT2D eigenvalue weighted by Gasteiger charge is -2.17. The molecule has 0 aliphatic heterocycles. The number of hydrogen-bond donors (Lipinski definition) is 0. The summed E-state index contributed by atoms with van der Waals surface area (Å²) in [5.74, 6) is -1.34. The SMILES string of the molecule is FC(F)Oc1cccc(CCCBr)c1OC(F)(F)F. The lowest BCUT2D eigenvalue weighted by molar-refractivity contribution is -0.275. The third-order valence-corrected chi connectivity index (χ3v) is 2.63. The molecule has 0 saturated carbocycles. The highest BCUT2D eigenvalue weighted by molar-refractivity contribution is 9.09. The molecule has 1 rings (SSSR count). The molecule has 2 nitrogen and oxygen atoms in total. The molecule has 0 heterocycles. The van der Waals surface area contributed by atoms with Crippen molar-refractivity contribution >= 4 is 15.9 Å². The summed E-state index contributed by atoms with van der Waals surface area (Å²) in [6, 6.07) is 3.72. The van der Waals surface area contributed by atoms with Crippen LogP contribution in [0.4, 0.5) is 22.0 Å². The van der Waals surface area contributed by atoms with Crippen LogP contribution in [0.1, 0.15) is 12.0 Å². The lowest BCUT2D eigenvalue weighted by atomic mass is 10.1. The van der Waals surface area contributed by atoms with Gasteiger partial charge in [0, 0.05) is 5.33 Å². The molecule has 0 aliphatic carbocycles. The van der Waals surface area contributed by atoms with Gasteiger partial charge >= 0.3 is 13.0 Å². The fourth-order valence-electron chi connectivity index (χ4n) is 1.44. The van der Waals surface area contributed by atoms with Crippen LogP contribution in [0.5, 0.6) is 11.5 Å². The summed E-state index contributed by atoms with van der Waals surface area (Å²) in [6.07, 6.45) is -4.19. The Bertz CT molecular complexity index is 409. The zero-order valence-electron chi connectivity index (χ0n) is 9.52. The maximum absolute atomic E-state index is 12.3. The molecule has 0 atom stereocenters. The molecule has 8 heteroatoms. The Morgan fingerprint density at radius 1 is 1.21 bits per heavy atom. The van der Waals surface area contributed by atoms with Crippen LogP contribution in [0.3, 0.4) is 0 Å². The van der Waals surface area contributed by atoms with Crippen molar-refractivity contribution in [1.29, 1.82) is 0 Å². The second kappa shape index (κ2) is 6.93. The number of benzene rings is 1. The predicted molar refractivity (Wildman–Crippen MR) is 61.9 cm³/mol. The molecule has 0 fully saturated rings. The van der Waals surface area contributed by atoms with Crippen LogP contribution in [0.2, 0.25) is 0 Å². The molecule has 0 amide bonds. The smallest absolute Gasteiger partial charge is 0.431 e. The normalized spacial score (nSPS) is 11.7. The van der Waals surface area contributed by atoms with E-state index < -0.39 is 24.5 Å². The van der Waals surface area contributed by atoms with Crippen molar-refractivity contribution in [3.05, 3.63) is 23.8 Å². The quantitative estimate of drug-likeness (QED) is 0.556. The highest BCUT2D eigenvalue weighted by atomic mass is 79.9. The lowest BCUT2D eigenvalue weighted by Crippen LogP contribution is -2.19. The Hall–Kier alpha value is -1.05. The number of aryl methyl sites for hydroxylation is 1. The van der Waals surface area contributed by atoms with Gasteiger partial charge in [0.2, 0.25) is 0 Å². The summed E-state index contributed by atoms with van der Waals surface area (Å²) in [5, 5.41) is 0.568. The van der Waals surface area contributed by atoms with E-state index in [0.717, 1.165) is 6.07 Å². The maximum Gasteiger partial charge on any atom is 0.573 e. The van der Waals surface area contributed by atoms with Crippen molar-refractivity contribution in [3.8, 4) is 11.5 Å². The zero-order chi connectivity index (χ0) is 14.5. The monoisotopic (exact) mass is 348 g/mol. The number of alkyl halides is 6. The summed E-state index contributed by atoms with van der Waals surface area (Å²) in [7, 11) is 0. The molecule has 0 aromatic heterocycles. The van der Waals surface area contributed by atoms with Gasteiger partial charge in [0.05, 0.1) is 0 Å². The minimum absolute atomic E-state index is 0.162. The van der Waals surface area contributed by atoms with Gasteiger partial charge in [-0.05, 0) is 24.5 Å². The average molecular weight is 349 g/mol. The Balaban J connectivity index is 3.08. The summed E-state index contributed by atoms with van der Waals surface area (Å²) in [5.41, 5.74) is 0.162. The van der Waals surface area contributed by atoms with E-state index in [1.807, 2.05) is 0 Å². The van der Waals surface area contributed by atoms with E-state index in [4.69, 9.17) is 0 Å². The van der Waals surface area contributed by atoms with Crippen LogP contribution in [-0.4, -0.2) is 18.3 Å². The molecular formula is C11H10BrF5O2. The van der Waals surface area contributed by atoms with Crippen LogP contribution >= 0.6 is 15.9 Å². The first kappa shape index (κ1) is 16.0. The zero-order valence-corrected chi connectivity index (χ0v) is 11.1. The third-order valence-electron chi connectivity index (χ3n) is 2.07. The molecule has 0 spiro atoms. The largest absolute Gasteiger partial charge is 0.573 e. The molecule has 1 aromatic carbocycles. The first-order valence-corrected chi connectivity index (χ1v) is 6.34.